The Labute approximate surface area is 135 Å². The molecule has 3 atom stereocenters. The molecule has 0 bridgehead atoms. The molecule has 0 aromatic heterocycles. The lowest BCUT2D eigenvalue weighted by atomic mass is 10.0. The van der Waals surface area contributed by atoms with Gasteiger partial charge >= 0.3 is 0 Å². The summed E-state index contributed by atoms with van der Waals surface area (Å²) in [7, 11) is 0. The van der Waals surface area contributed by atoms with Crippen molar-refractivity contribution in [1.82, 2.24) is 16.2 Å². The monoisotopic (exact) mass is 341 g/mol. The van der Waals surface area contributed by atoms with Crippen LogP contribution >= 0.6 is 35.6 Å². The lowest BCUT2D eigenvalue weighted by Gasteiger charge is -2.20. The van der Waals surface area contributed by atoms with Crippen LogP contribution in [0.5, 0.6) is 0 Å². The quantitative estimate of drug-likeness (QED) is 0.735. The van der Waals surface area contributed by atoms with Crippen LogP contribution in [0.4, 0.5) is 4.39 Å². The zero-order valence-electron chi connectivity index (χ0n) is 11.3. The predicted octanol–water partition coefficient (Wildman–Crippen LogP) is 3.32. The van der Waals surface area contributed by atoms with Gasteiger partial charge in [0.15, 0.2) is 0 Å². The van der Waals surface area contributed by atoms with Gasteiger partial charge in [0.05, 0.1) is 5.02 Å². The average molecular weight is 343 g/mol. The molecule has 0 spiro atoms. The summed E-state index contributed by atoms with van der Waals surface area (Å²) in [6.45, 7) is 5.85. The zero-order chi connectivity index (χ0) is 14.0. The number of hydrogen-bond acceptors (Lipinski definition) is 3. The lowest BCUT2D eigenvalue weighted by molar-refractivity contribution is 0.428. The molecule has 20 heavy (non-hydrogen) atoms. The van der Waals surface area contributed by atoms with Crippen molar-refractivity contribution >= 4 is 35.6 Å². The first-order chi connectivity index (χ1) is 8.99. The fourth-order valence-corrected chi connectivity index (χ4v) is 2.75. The first-order valence-corrected chi connectivity index (χ1v) is 7.11. The zero-order valence-corrected chi connectivity index (χ0v) is 13.7. The standard InChI is InChI=1S/C13H18Cl2FN3.ClH/c1-7-9(6-18-19-7)5-17-8(2)10-3-13(16)12(15)4-11(10)14;/h3-4,7-9,17-19H,5-6H2,1-2H3;1H. The van der Waals surface area contributed by atoms with Crippen LogP contribution in [-0.2, 0) is 0 Å². The third-order valence-corrected chi connectivity index (χ3v) is 4.21. The van der Waals surface area contributed by atoms with Crippen molar-refractivity contribution in [2.24, 2.45) is 5.92 Å². The van der Waals surface area contributed by atoms with E-state index in [4.69, 9.17) is 23.2 Å². The molecular weight excluding hydrogens is 324 g/mol. The second-order valence-electron chi connectivity index (χ2n) is 4.99. The van der Waals surface area contributed by atoms with Crippen LogP contribution in [0.1, 0.15) is 25.5 Å². The van der Waals surface area contributed by atoms with Gasteiger partial charge in [0.25, 0.3) is 0 Å². The number of hydrazine groups is 1. The molecule has 1 aromatic carbocycles. The number of benzene rings is 1. The minimum Gasteiger partial charge on any atom is -0.310 e. The van der Waals surface area contributed by atoms with Gasteiger partial charge in [-0.05, 0) is 31.5 Å². The highest BCUT2D eigenvalue weighted by atomic mass is 35.5. The Hall–Kier alpha value is -0.100. The van der Waals surface area contributed by atoms with E-state index < -0.39 is 5.82 Å². The number of rotatable bonds is 4. The van der Waals surface area contributed by atoms with Gasteiger partial charge in [0.1, 0.15) is 5.82 Å². The van der Waals surface area contributed by atoms with E-state index in [2.05, 4.69) is 23.1 Å². The molecule has 3 N–H and O–H groups in total. The Bertz CT molecular complexity index is 459. The third-order valence-electron chi connectivity index (χ3n) is 3.59. The maximum atomic E-state index is 13.5. The van der Waals surface area contributed by atoms with Crippen LogP contribution in [0.2, 0.25) is 10.0 Å². The van der Waals surface area contributed by atoms with Crippen LogP contribution in [0.3, 0.4) is 0 Å². The van der Waals surface area contributed by atoms with Gasteiger partial charge in [0.2, 0.25) is 0 Å². The fraction of sp³-hybridized carbons (Fsp3) is 0.538. The maximum absolute atomic E-state index is 13.5. The van der Waals surface area contributed by atoms with E-state index in [1.54, 1.807) is 0 Å². The summed E-state index contributed by atoms with van der Waals surface area (Å²) in [6.07, 6.45) is 0. The molecule has 2 rings (SSSR count). The van der Waals surface area contributed by atoms with Crippen molar-refractivity contribution in [2.45, 2.75) is 25.9 Å². The number of nitrogens with one attached hydrogen (secondary N) is 3. The fourth-order valence-electron chi connectivity index (χ4n) is 2.20. The summed E-state index contributed by atoms with van der Waals surface area (Å²) >= 11 is 11.8. The normalized spacial score (nSPS) is 23.4. The molecule has 1 heterocycles. The summed E-state index contributed by atoms with van der Waals surface area (Å²) in [5.74, 6) is 0.0608. The maximum Gasteiger partial charge on any atom is 0.142 e. The molecule has 1 aliphatic rings. The summed E-state index contributed by atoms with van der Waals surface area (Å²) in [6, 6.07) is 3.24. The summed E-state index contributed by atoms with van der Waals surface area (Å²) in [5.41, 5.74) is 7.02. The van der Waals surface area contributed by atoms with Gasteiger partial charge in [0, 0.05) is 36.1 Å². The summed E-state index contributed by atoms with van der Waals surface area (Å²) < 4.78 is 13.5. The van der Waals surface area contributed by atoms with Crippen molar-refractivity contribution in [3.05, 3.63) is 33.6 Å². The highest BCUT2D eigenvalue weighted by Gasteiger charge is 2.23. The topological polar surface area (TPSA) is 36.1 Å². The minimum atomic E-state index is -0.438. The van der Waals surface area contributed by atoms with Crippen molar-refractivity contribution < 1.29 is 4.39 Å². The molecule has 1 aliphatic heterocycles. The predicted molar refractivity (Wildman–Crippen MR) is 84.2 cm³/mol. The van der Waals surface area contributed by atoms with Gasteiger partial charge in [-0.15, -0.1) is 12.4 Å². The highest BCUT2D eigenvalue weighted by molar-refractivity contribution is 6.35. The van der Waals surface area contributed by atoms with E-state index in [1.807, 2.05) is 6.92 Å². The lowest BCUT2D eigenvalue weighted by Crippen LogP contribution is -2.33. The second-order valence-corrected chi connectivity index (χ2v) is 5.81. The first kappa shape index (κ1) is 18.0. The van der Waals surface area contributed by atoms with Crippen LogP contribution in [0, 0.1) is 11.7 Å². The van der Waals surface area contributed by atoms with Crippen molar-refractivity contribution in [1.29, 1.82) is 0 Å². The van der Waals surface area contributed by atoms with Crippen LogP contribution in [0.15, 0.2) is 12.1 Å². The number of halogens is 4. The van der Waals surface area contributed by atoms with E-state index >= 15 is 0 Å². The van der Waals surface area contributed by atoms with Gasteiger partial charge in [-0.2, -0.15) is 0 Å². The molecule has 3 nitrogen and oxygen atoms in total. The smallest absolute Gasteiger partial charge is 0.142 e. The van der Waals surface area contributed by atoms with E-state index in [1.165, 1.54) is 12.1 Å². The average Bonchev–Trinajstić information content (AvgIpc) is 2.76. The Morgan fingerprint density at radius 3 is 2.70 bits per heavy atom. The molecule has 1 saturated heterocycles. The molecule has 0 aliphatic carbocycles. The SMILES string of the molecule is CC(NCC1CNNC1C)c1cc(F)c(Cl)cc1Cl.Cl. The van der Waals surface area contributed by atoms with E-state index in [0.717, 1.165) is 18.7 Å². The second kappa shape index (κ2) is 7.78. The first-order valence-electron chi connectivity index (χ1n) is 6.35. The van der Waals surface area contributed by atoms with Crippen LogP contribution in [0.25, 0.3) is 0 Å². The Balaban J connectivity index is 0.00000200. The summed E-state index contributed by atoms with van der Waals surface area (Å²) in [4.78, 5) is 0. The van der Waals surface area contributed by atoms with E-state index in [9.17, 15) is 4.39 Å². The molecule has 1 fully saturated rings. The highest BCUT2D eigenvalue weighted by Crippen LogP contribution is 2.28. The van der Waals surface area contributed by atoms with Gasteiger partial charge in [-0.1, -0.05) is 23.2 Å². The number of hydrogen-bond donors (Lipinski definition) is 3. The van der Waals surface area contributed by atoms with Crippen LogP contribution in [-0.4, -0.2) is 19.1 Å². The molecule has 3 unspecified atom stereocenters. The summed E-state index contributed by atoms with van der Waals surface area (Å²) in [5, 5.41) is 3.93. The van der Waals surface area contributed by atoms with Crippen molar-refractivity contribution in [3.63, 3.8) is 0 Å². The molecule has 1 aromatic rings. The van der Waals surface area contributed by atoms with E-state index in [-0.39, 0.29) is 23.5 Å². The minimum absolute atomic E-state index is 0. The largest absolute Gasteiger partial charge is 0.310 e. The Morgan fingerprint density at radius 1 is 1.40 bits per heavy atom. The molecule has 0 amide bonds. The molecule has 114 valence electrons. The molecule has 7 heteroatoms. The van der Waals surface area contributed by atoms with Gasteiger partial charge < -0.3 is 5.32 Å². The van der Waals surface area contributed by atoms with E-state index in [0.29, 0.717) is 17.0 Å². The van der Waals surface area contributed by atoms with Crippen molar-refractivity contribution in [2.75, 3.05) is 13.1 Å². The third kappa shape index (κ3) is 4.20. The van der Waals surface area contributed by atoms with Crippen molar-refractivity contribution in [3.8, 4) is 0 Å². The van der Waals surface area contributed by atoms with Gasteiger partial charge in [-0.25, -0.2) is 4.39 Å². The molecule has 0 radical (unpaired) electrons. The molecule has 0 saturated carbocycles. The van der Waals surface area contributed by atoms with Gasteiger partial charge in [-0.3, -0.25) is 10.9 Å². The Kier molecular flexibility index (Phi) is 6.98. The molecular formula is C13H19Cl3FN3. The Morgan fingerprint density at radius 2 is 2.10 bits per heavy atom. The van der Waals surface area contributed by atoms with Crippen LogP contribution < -0.4 is 16.2 Å².